The van der Waals surface area contributed by atoms with Crippen molar-refractivity contribution in [3.63, 3.8) is 0 Å². The summed E-state index contributed by atoms with van der Waals surface area (Å²) in [5.74, 6) is -7.47. The van der Waals surface area contributed by atoms with Gasteiger partial charge in [-0.05, 0) is 90.0 Å². The maximum atomic E-state index is 12.0. The van der Waals surface area contributed by atoms with Crippen LogP contribution in [0.1, 0.15) is 90.0 Å². The first kappa shape index (κ1) is 40.8. The minimum atomic E-state index is -2.64. The summed E-state index contributed by atoms with van der Waals surface area (Å²) in [5.41, 5.74) is -25.6. The van der Waals surface area contributed by atoms with Gasteiger partial charge < -0.3 is 79.9 Å². The molecule has 3 heterocycles. The van der Waals surface area contributed by atoms with Gasteiger partial charge in [-0.3, -0.25) is 0 Å². The van der Waals surface area contributed by atoms with E-state index in [9.17, 15) is 56.2 Å². The molecule has 11 N–H and O–H groups in total. The summed E-state index contributed by atoms with van der Waals surface area (Å²) < 4.78 is 30.4. The first-order valence-electron chi connectivity index (χ1n) is 15.5. The van der Waals surface area contributed by atoms with E-state index in [1.807, 2.05) is 0 Å². The standard InChI is InChI=1S/C31H58O16/c1-18(14-32)21(4,35)24(7,38)26(9,40)29(12,44-18)43-17-20(3)23(6,37)25(8,39)27(10,41)30(13,45-20)47-31(16-34)28(11,42)22(5,36)19(2,15-33)46-31/h32-42H,14-17H2,1-13H3/t18?,19-,20?,21+,22+,23-,24+,25-,26?,27?,28?,29+,30-,31-/m1/s1. The Morgan fingerprint density at radius 3 is 1.11 bits per heavy atom. The lowest BCUT2D eigenvalue weighted by Crippen LogP contribution is -2.87. The molecule has 3 aliphatic heterocycles. The van der Waals surface area contributed by atoms with Gasteiger partial charge in [0, 0.05) is 0 Å². The van der Waals surface area contributed by atoms with Gasteiger partial charge in [0.1, 0.15) is 68.2 Å². The first-order chi connectivity index (χ1) is 20.5. The van der Waals surface area contributed by atoms with E-state index in [2.05, 4.69) is 0 Å². The molecule has 3 saturated heterocycles. The number of hydrogen-bond donors (Lipinski definition) is 11. The molecule has 278 valence electrons. The Labute approximate surface area is 275 Å². The monoisotopic (exact) mass is 686 g/mol. The highest BCUT2D eigenvalue weighted by atomic mass is 16.8. The van der Waals surface area contributed by atoms with E-state index < -0.39 is 105 Å². The largest absolute Gasteiger partial charge is 0.393 e. The van der Waals surface area contributed by atoms with Crippen LogP contribution in [0.15, 0.2) is 0 Å². The van der Waals surface area contributed by atoms with Crippen molar-refractivity contribution in [2.45, 2.75) is 169 Å². The van der Waals surface area contributed by atoms with Gasteiger partial charge in [0.15, 0.2) is 5.79 Å². The van der Waals surface area contributed by atoms with Crippen LogP contribution in [-0.2, 0) is 23.7 Å². The highest BCUT2D eigenvalue weighted by Gasteiger charge is 2.81. The quantitative estimate of drug-likeness (QED) is 0.126. The van der Waals surface area contributed by atoms with Gasteiger partial charge in [-0.15, -0.1) is 0 Å². The van der Waals surface area contributed by atoms with Crippen LogP contribution >= 0.6 is 0 Å². The van der Waals surface area contributed by atoms with E-state index in [1.54, 1.807) is 0 Å². The number of aliphatic hydroxyl groups excluding tert-OH is 3. The molecule has 5 unspecified atom stereocenters. The normalized spacial score (nSPS) is 61.8. The second-order valence-electron chi connectivity index (χ2n) is 16.1. The molecule has 0 spiro atoms. The second-order valence-corrected chi connectivity index (χ2v) is 16.1. The molecule has 16 heteroatoms. The van der Waals surface area contributed by atoms with E-state index in [1.165, 1.54) is 34.6 Å². The van der Waals surface area contributed by atoms with Crippen molar-refractivity contribution in [1.82, 2.24) is 0 Å². The fraction of sp³-hybridized carbons (Fsp3) is 1.00. The molecule has 47 heavy (non-hydrogen) atoms. The highest BCUT2D eigenvalue weighted by molar-refractivity contribution is 5.26. The van der Waals surface area contributed by atoms with Crippen molar-refractivity contribution < 1.29 is 79.9 Å². The predicted molar refractivity (Wildman–Crippen MR) is 161 cm³/mol. The van der Waals surface area contributed by atoms with Gasteiger partial charge in [0.2, 0.25) is 11.6 Å². The van der Waals surface area contributed by atoms with Gasteiger partial charge in [-0.25, -0.2) is 0 Å². The summed E-state index contributed by atoms with van der Waals surface area (Å²) in [4.78, 5) is 0. The highest BCUT2D eigenvalue weighted by Crippen LogP contribution is 2.60. The Balaban J connectivity index is 2.18. The summed E-state index contributed by atoms with van der Waals surface area (Å²) in [5, 5.41) is 124. The molecular formula is C31H58O16. The summed E-state index contributed by atoms with van der Waals surface area (Å²) in [6.45, 7) is 11.4. The molecule has 0 aromatic carbocycles. The third-order valence-electron chi connectivity index (χ3n) is 13.4. The van der Waals surface area contributed by atoms with Crippen LogP contribution in [0, 0.1) is 0 Å². The maximum absolute atomic E-state index is 12.0. The van der Waals surface area contributed by atoms with Crippen molar-refractivity contribution in [2.75, 3.05) is 26.4 Å². The summed E-state index contributed by atoms with van der Waals surface area (Å²) in [6, 6.07) is 0. The third-order valence-corrected chi connectivity index (χ3v) is 13.4. The fourth-order valence-corrected chi connectivity index (χ4v) is 7.33. The average Bonchev–Trinajstić information content (AvgIpc) is 3.04. The van der Waals surface area contributed by atoms with E-state index in [0.29, 0.717) is 0 Å². The average molecular weight is 687 g/mol. The molecule has 0 amide bonds. The molecule has 0 aromatic rings. The molecular weight excluding hydrogens is 628 g/mol. The summed E-state index contributed by atoms with van der Waals surface area (Å²) in [7, 11) is 0. The second kappa shape index (κ2) is 10.5. The SMILES string of the molecule is CC1(CO)O[C@](C)(OCC2(C)O[C@](C)(O[C@@]3(CO)O[C@](C)(CO)[C@](C)(O)C3(C)O)C(C)(O)[C@](C)(O)[C@]2(C)O)C(C)(O)[C@@](C)(O)[C@@]1(C)O. The summed E-state index contributed by atoms with van der Waals surface area (Å²) in [6.07, 6.45) is 0. The molecule has 0 bridgehead atoms. The lowest BCUT2D eigenvalue weighted by atomic mass is 9.60. The van der Waals surface area contributed by atoms with Crippen LogP contribution < -0.4 is 0 Å². The Bertz CT molecular complexity index is 1230. The van der Waals surface area contributed by atoms with Gasteiger partial charge in [0.05, 0.1) is 19.8 Å². The third kappa shape index (κ3) is 4.45. The molecule has 16 nitrogen and oxygen atoms in total. The maximum Gasteiger partial charge on any atom is 0.227 e. The van der Waals surface area contributed by atoms with E-state index >= 15 is 0 Å². The Morgan fingerprint density at radius 1 is 0.383 bits per heavy atom. The zero-order valence-corrected chi connectivity index (χ0v) is 29.8. The van der Waals surface area contributed by atoms with Crippen LogP contribution in [0.3, 0.4) is 0 Å². The van der Waals surface area contributed by atoms with E-state index in [-0.39, 0.29) is 0 Å². The number of hydrogen-bond acceptors (Lipinski definition) is 16. The topological polar surface area (TPSA) is 269 Å². The van der Waals surface area contributed by atoms with Crippen LogP contribution in [-0.4, -0.2) is 162 Å². The molecule has 0 aliphatic carbocycles. The van der Waals surface area contributed by atoms with E-state index in [0.717, 1.165) is 55.4 Å². The number of rotatable bonds is 8. The Morgan fingerprint density at radius 2 is 0.723 bits per heavy atom. The smallest absolute Gasteiger partial charge is 0.227 e. The first-order valence-corrected chi connectivity index (χ1v) is 15.5. The molecule has 14 atom stereocenters. The Kier molecular flexibility index (Phi) is 9.08. The van der Waals surface area contributed by atoms with Crippen LogP contribution in [0.5, 0.6) is 0 Å². The van der Waals surface area contributed by atoms with Crippen molar-refractivity contribution >= 4 is 0 Å². The van der Waals surface area contributed by atoms with Crippen LogP contribution in [0.4, 0.5) is 0 Å². The van der Waals surface area contributed by atoms with Crippen LogP contribution in [0.25, 0.3) is 0 Å². The molecule has 0 aromatic heterocycles. The predicted octanol–water partition coefficient (Wildman–Crippen LogP) is -2.50. The molecule has 3 fully saturated rings. The lowest BCUT2D eigenvalue weighted by Gasteiger charge is -2.67. The van der Waals surface area contributed by atoms with Crippen molar-refractivity contribution in [2.24, 2.45) is 0 Å². The molecule has 3 rings (SSSR count). The minimum Gasteiger partial charge on any atom is -0.393 e. The van der Waals surface area contributed by atoms with E-state index in [4.69, 9.17) is 23.7 Å². The molecule has 0 radical (unpaired) electrons. The zero-order chi connectivity index (χ0) is 37.4. The van der Waals surface area contributed by atoms with Gasteiger partial charge >= 0.3 is 0 Å². The fourth-order valence-electron chi connectivity index (χ4n) is 7.33. The minimum absolute atomic E-state index is 0.812. The zero-order valence-electron chi connectivity index (χ0n) is 29.8. The molecule has 0 saturated carbocycles. The molecule has 3 aliphatic rings. The van der Waals surface area contributed by atoms with Gasteiger partial charge in [-0.2, -0.15) is 0 Å². The lowest BCUT2D eigenvalue weighted by molar-refractivity contribution is -0.508. The number of ether oxygens (including phenoxy) is 5. The van der Waals surface area contributed by atoms with Gasteiger partial charge in [0.25, 0.3) is 0 Å². The summed E-state index contributed by atoms with van der Waals surface area (Å²) >= 11 is 0. The Hall–Kier alpha value is -0.640. The van der Waals surface area contributed by atoms with Crippen molar-refractivity contribution in [3.8, 4) is 0 Å². The van der Waals surface area contributed by atoms with Gasteiger partial charge in [-0.1, -0.05) is 0 Å². The van der Waals surface area contributed by atoms with Crippen LogP contribution in [0.2, 0.25) is 0 Å². The number of aliphatic hydroxyl groups is 11. The van der Waals surface area contributed by atoms with Crippen molar-refractivity contribution in [1.29, 1.82) is 0 Å². The van der Waals surface area contributed by atoms with Crippen molar-refractivity contribution in [3.05, 3.63) is 0 Å².